The molecule has 0 spiro atoms. The molecule has 1 heterocycles. The van der Waals surface area contributed by atoms with Crippen LogP contribution in [-0.2, 0) is 4.79 Å². The maximum atomic E-state index is 12.3. The molecule has 3 aromatic rings. The summed E-state index contributed by atoms with van der Waals surface area (Å²) in [7, 11) is 3.22. The normalized spacial score (nSPS) is 11.5. The fourth-order valence-corrected chi connectivity index (χ4v) is 3.58. The lowest BCUT2D eigenvalue weighted by Gasteiger charge is -2.12. The Morgan fingerprint density at radius 2 is 1.84 bits per heavy atom. The van der Waals surface area contributed by atoms with Gasteiger partial charge in [0.25, 0.3) is 0 Å². The second kappa shape index (κ2) is 10.8. The van der Waals surface area contributed by atoms with Gasteiger partial charge in [-0.15, -0.1) is 0 Å². The summed E-state index contributed by atoms with van der Waals surface area (Å²) in [6, 6.07) is 9.65. The van der Waals surface area contributed by atoms with E-state index in [1.807, 2.05) is 44.2 Å². The van der Waals surface area contributed by atoms with Gasteiger partial charge >= 0.3 is 0 Å². The van der Waals surface area contributed by atoms with Gasteiger partial charge in [-0.2, -0.15) is 0 Å². The van der Waals surface area contributed by atoms with E-state index in [-0.39, 0.29) is 5.91 Å². The van der Waals surface area contributed by atoms with Gasteiger partial charge in [0, 0.05) is 35.2 Å². The van der Waals surface area contributed by atoms with E-state index in [4.69, 9.17) is 18.6 Å². The number of ether oxygens (including phenoxy) is 3. The lowest BCUT2D eigenvalue weighted by molar-refractivity contribution is -0.116. The minimum Gasteiger partial charge on any atom is -0.493 e. The zero-order chi connectivity index (χ0) is 23.1. The zero-order valence-electron chi connectivity index (χ0n) is 19.4. The van der Waals surface area contributed by atoms with Crippen molar-refractivity contribution in [3.63, 3.8) is 0 Å². The highest BCUT2D eigenvalue weighted by atomic mass is 16.5. The Morgan fingerprint density at radius 3 is 2.53 bits per heavy atom. The summed E-state index contributed by atoms with van der Waals surface area (Å²) < 4.78 is 22.5. The van der Waals surface area contributed by atoms with Gasteiger partial charge in [-0.25, -0.2) is 0 Å². The SMILES string of the molecule is CCCCNC(=O)/C=C(\C)c1cc2c(-c3ccc(OC)c(OC)c3)coc2cc1OCC. The lowest BCUT2D eigenvalue weighted by atomic mass is 9.99. The second-order valence-electron chi connectivity index (χ2n) is 7.47. The Balaban J connectivity index is 2.05. The molecule has 0 bridgehead atoms. The first-order chi connectivity index (χ1) is 15.5. The largest absolute Gasteiger partial charge is 0.493 e. The number of fused-ring (bicyclic) bond motifs is 1. The van der Waals surface area contributed by atoms with Gasteiger partial charge in [-0.1, -0.05) is 19.4 Å². The zero-order valence-corrected chi connectivity index (χ0v) is 19.4. The number of amides is 1. The number of hydrogen-bond donors (Lipinski definition) is 1. The van der Waals surface area contributed by atoms with Crippen LogP contribution in [0.5, 0.6) is 17.2 Å². The van der Waals surface area contributed by atoms with E-state index in [9.17, 15) is 4.79 Å². The topological polar surface area (TPSA) is 69.9 Å². The van der Waals surface area contributed by atoms with Gasteiger partial charge in [-0.05, 0) is 49.6 Å². The highest BCUT2D eigenvalue weighted by Gasteiger charge is 2.16. The Hall–Kier alpha value is -3.41. The molecule has 1 N–H and O–H groups in total. The molecule has 170 valence electrons. The molecule has 0 aliphatic carbocycles. The fraction of sp³-hybridized carbons (Fsp3) is 0.346. The monoisotopic (exact) mass is 437 g/mol. The van der Waals surface area contributed by atoms with Crippen molar-refractivity contribution in [1.82, 2.24) is 5.32 Å². The molecule has 1 amide bonds. The van der Waals surface area contributed by atoms with Crippen LogP contribution in [0.4, 0.5) is 0 Å². The van der Waals surface area contributed by atoms with E-state index in [2.05, 4.69) is 12.2 Å². The first kappa shape index (κ1) is 23.3. The summed E-state index contributed by atoms with van der Waals surface area (Å²) in [5.41, 5.74) is 4.25. The number of allylic oxidation sites excluding steroid dienone is 1. The molecular weight excluding hydrogens is 406 g/mol. The Labute approximate surface area is 189 Å². The van der Waals surface area contributed by atoms with Crippen LogP contribution in [0.25, 0.3) is 27.7 Å². The molecule has 2 aromatic carbocycles. The van der Waals surface area contributed by atoms with Gasteiger partial charge in [0.15, 0.2) is 11.5 Å². The minimum atomic E-state index is -0.106. The Bertz CT molecular complexity index is 1110. The Morgan fingerprint density at radius 1 is 1.06 bits per heavy atom. The van der Waals surface area contributed by atoms with Crippen LogP contribution in [-0.4, -0.2) is 33.3 Å². The number of benzene rings is 2. The van der Waals surface area contributed by atoms with E-state index in [1.165, 1.54) is 0 Å². The molecule has 0 atom stereocenters. The molecule has 6 heteroatoms. The van der Waals surface area contributed by atoms with Gasteiger partial charge in [0.05, 0.1) is 27.1 Å². The van der Waals surface area contributed by atoms with Crippen LogP contribution in [0.3, 0.4) is 0 Å². The van der Waals surface area contributed by atoms with Crippen LogP contribution < -0.4 is 19.5 Å². The maximum Gasteiger partial charge on any atom is 0.244 e. The maximum absolute atomic E-state index is 12.3. The summed E-state index contributed by atoms with van der Waals surface area (Å²) in [6.07, 6.45) is 5.34. The summed E-state index contributed by atoms with van der Waals surface area (Å²) in [4.78, 5) is 12.3. The number of furan rings is 1. The van der Waals surface area contributed by atoms with Crippen LogP contribution in [0.15, 0.2) is 47.1 Å². The second-order valence-corrected chi connectivity index (χ2v) is 7.47. The van der Waals surface area contributed by atoms with Crippen molar-refractivity contribution in [2.75, 3.05) is 27.4 Å². The molecule has 0 unspecified atom stereocenters. The molecule has 0 fully saturated rings. The number of rotatable bonds is 10. The number of methoxy groups -OCH3 is 2. The number of carbonyl (C=O) groups is 1. The average Bonchev–Trinajstić information content (AvgIpc) is 3.21. The van der Waals surface area contributed by atoms with Crippen molar-refractivity contribution < 1.29 is 23.4 Å². The number of unbranched alkanes of at least 4 members (excludes halogenated alkanes) is 1. The quantitative estimate of drug-likeness (QED) is 0.319. The molecule has 6 nitrogen and oxygen atoms in total. The number of hydrogen-bond acceptors (Lipinski definition) is 5. The van der Waals surface area contributed by atoms with Crippen LogP contribution in [0.1, 0.15) is 39.2 Å². The van der Waals surface area contributed by atoms with Crippen LogP contribution >= 0.6 is 0 Å². The van der Waals surface area contributed by atoms with E-state index >= 15 is 0 Å². The number of nitrogens with one attached hydrogen (secondary N) is 1. The molecule has 0 aliphatic rings. The molecule has 0 radical (unpaired) electrons. The van der Waals surface area contributed by atoms with Crippen LogP contribution in [0, 0.1) is 0 Å². The smallest absolute Gasteiger partial charge is 0.244 e. The van der Waals surface area contributed by atoms with Gasteiger partial charge in [0.2, 0.25) is 5.91 Å². The summed E-state index contributed by atoms with van der Waals surface area (Å²) >= 11 is 0. The van der Waals surface area contributed by atoms with Crippen molar-refractivity contribution in [3.8, 4) is 28.4 Å². The van der Waals surface area contributed by atoms with E-state index in [1.54, 1.807) is 26.6 Å². The molecule has 0 saturated heterocycles. The van der Waals surface area contributed by atoms with Crippen molar-refractivity contribution in [2.24, 2.45) is 0 Å². The molecular formula is C26H31NO5. The molecule has 1 aromatic heterocycles. The average molecular weight is 438 g/mol. The van der Waals surface area contributed by atoms with Crippen molar-refractivity contribution >= 4 is 22.4 Å². The molecule has 0 aliphatic heterocycles. The molecule has 3 rings (SSSR count). The van der Waals surface area contributed by atoms with Gasteiger partial charge < -0.3 is 23.9 Å². The van der Waals surface area contributed by atoms with E-state index < -0.39 is 0 Å². The third-order valence-corrected chi connectivity index (χ3v) is 5.27. The summed E-state index contributed by atoms with van der Waals surface area (Å²) in [5, 5.41) is 3.85. The summed E-state index contributed by atoms with van der Waals surface area (Å²) in [6.45, 7) is 7.12. The van der Waals surface area contributed by atoms with Crippen LogP contribution in [0.2, 0.25) is 0 Å². The predicted molar refractivity (Wildman–Crippen MR) is 127 cm³/mol. The van der Waals surface area contributed by atoms with E-state index in [0.717, 1.165) is 40.5 Å². The van der Waals surface area contributed by atoms with Gasteiger partial charge in [0.1, 0.15) is 11.3 Å². The van der Waals surface area contributed by atoms with Crippen molar-refractivity contribution in [1.29, 1.82) is 0 Å². The summed E-state index contributed by atoms with van der Waals surface area (Å²) in [5.74, 6) is 1.88. The Kier molecular flexibility index (Phi) is 7.82. The molecule has 0 saturated carbocycles. The lowest BCUT2D eigenvalue weighted by Crippen LogP contribution is -2.22. The first-order valence-corrected chi connectivity index (χ1v) is 10.9. The standard InChI is InChI=1S/C26H31NO5/c1-6-8-11-27-26(28)12-17(3)19-14-20-21(16-32-24(20)15-23(19)31-7-2)18-9-10-22(29-4)25(13-18)30-5/h9-10,12-16H,6-8,11H2,1-5H3,(H,27,28)/b17-12+. The third kappa shape index (κ3) is 5.07. The minimum absolute atomic E-state index is 0.106. The predicted octanol–water partition coefficient (Wildman–Crippen LogP) is 5.84. The highest BCUT2D eigenvalue weighted by Crippen LogP contribution is 2.39. The number of carbonyl (C=O) groups excluding carboxylic acids is 1. The first-order valence-electron chi connectivity index (χ1n) is 10.9. The van der Waals surface area contributed by atoms with Crippen molar-refractivity contribution in [3.05, 3.63) is 48.2 Å². The van der Waals surface area contributed by atoms with Gasteiger partial charge in [-0.3, -0.25) is 4.79 Å². The molecule has 32 heavy (non-hydrogen) atoms. The van der Waals surface area contributed by atoms with E-state index in [0.29, 0.717) is 36.0 Å². The van der Waals surface area contributed by atoms with Crippen molar-refractivity contribution in [2.45, 2.75) is 33.6 Å². The highest BCUT2D eigenvalue weighted by molar-refractivity contribution is 6.00. The third-order valence-electron chi connectivity index (χ3n) is 5.27. The fourth-order valence-electron chi connectivity index (χ4n) is 3.58.